The first kappa shape index (κ1) is 22.9. The van der Waals surface area contributed by atoms with E-state index >= 15 is 0 Å². The van der Waals surface area contributed by atoms with E-state index in [0.717, 1.165) is 11.3 Å². The zero-order valence-corrected chi connectivity index (χ0v) is 19.4. The number of aromatic nitrogens is 1. The minimum Gasteiger partial charge on any atom is -0.338 e. The van der Waals surface area contributed by atoms with Crippen LogP contribution in [-0.4, -0.2) is 36.3 Å². The molecule has 1 amide bonds. The Balaban J connectivity index is 2.20. The molecule has 10 heteroatoms. The highest BCUT2D eigenvalue weighted by molar-refractivity contribution is 7.93. The summed E-state index contributed by atoms with van der Waals surface area (Å²) in [6.45, 7) is 9.46. The molecule has 2 aromatic rings. The molecule has 0 aliphatic carbocycles. The van der Waals surface area contributed by atoms with Gasteiger partial charge < -0.3 is 4.90 Å². The molecule has 0 spiro atoms. The molecule has 0 radical (unpaired) electrons. The van der Waals surface area contributed by atoms with Crippen LogP contribution in [-0.2, 0) is 21.2 Å². The SMILES string of the molecule is Cc1cc(Cl)cc(Cl)c1S(=O)(=O)Nc1ncc(CC(=O)N(C(C)C)C(C)C)s1. The minimum absolute atomic E-state index is 0.0281. The molecule has 0 fully saturated rings. The summed E-state index contributed by atoms with van der Waals surface area (Å²) in [5.41, 5.74) is 0.432. The van der Waals surface area contributed by atoms with Gasteiger partial charge in [-0.2, -0.15) is 0 Å². The molecule has 0 aliphatic rings. The summed E-state index contributed by atoms with van der Waals surface area (Å²) in [6.07, 6.45) is 1.67. The van der Waals surface area contributed by atoms with Crippen molar-refractivity contribution in [2.75, 3.05) is 4.72 Å². The van der Waals surface area contributed by atoms with E-state index in [2.05, 4.69) is 9.71 Å². The normalized spacial score (nSPS) is 11.9. The van der Waals surface area contributed by atoms with Gasteiger partial charge >= 0.3 is 0 Å². The molecule has 1 heterocycles. The number of anilines is 1. The van der Waals surface area contributed by atoms with E-state index in [9.17, 15) is 13.2 Å². The number of hydrogen-bond acceptors (Lipinski definition) is 5. The summed E-state index contributed by atoms with van der Waals surface area (Å²) >= 11 is 13.1. The zero-order chi connectivity index (χ0) is 21.2. The third-order valence-electron chi connectivity index (χ3n) is 3.96. The third kappa shape index (κ3) is 5.37. The molecular weight excluding hydrogens is 441 g/mol. The molecule has 0 bridgehead atoms. The van der Waals surface area contributed by atoms with Gasteiger partial charge in [-0.25, -0.2) is 13.4 Å². The van der Waals surface area contributed by atoms with E-state index in [1.165, 1.54) is 18.3 Å². The van der Waals surface area contributed by atoms with E-state index in [0.29, 0.717) is 15.5 Å². The van der Waals surface area contributed by atoms with Crippen LogP contribution in [0.5, 0.6) is 0 Å². The number of carbonyl (C=O) groups is 1. The number of thiazole rings is 1. The number of rotatable bonds is 7. The maximum Gasteiger partial charge on any atom is 0.265 e. The van der Waals surface area contributed by atoms with E-state index in [4.69, 9.17) is 23.2 Å². The van der Waals surface area contributed by atoms with Crippen LogP contribution in [0.1, 0.15) is 38.1 Å². The highest BCUT2D eigenvalue weighted by Crippen LogP contribution is 2.31. The van der Waals surface area contributed by atoms with E-state index in [-0.39, 0.29) is 39.5 Å². The van der Waals surface area contributed by atoms with Crippen LogP contribution >= 0.6 is 34.5 Å². The lowest BCUT2D eigenvalue weighted by Gasteiger charge is -2.30. The van der Waals surface area contributed by atoms with Gasteiger partial charge in [0.15, 0.2) is 5.13 Å². The van der Waals surface area contributed by atoms with E-state index < -0.39 is 10.0 Å². The number of nitrogens with one attached hydrogen (secondary N) is 1. The van der Waals surface area contributed by atoms with Gasteiger partial charge in [0, 0.05) is 28.2 Å². The Morgan fingerprint density at radius 2 is 1.82 bits per heavy atom. The maximum absolute atomic E-state index is 12.7. The van der Waals surface area contributed by atoms with Crippen LogP contribution < -0.4 is 4.72 Å². The fraction of sp³-hybridized carbons (Fsp3) is 0.444. The van der Waals surface area contributed by atoms with Crippen molar-refractivity contribution in [1.82, 2.24) is 9.88 Å². The summed E-state index contributed by atoms with van der Waals surface area (Å²) in [6, 6.07) is 3.06. The number of sulfonamides is 1. The molecule has 1 aromatic heterocycles. The predicted octanol–water partition coefficient (Wildman–Crippen LogP) is 4.75. The molecule has 1 N–H and O–H groups in total. The molecule has 6 nitrogen and oxygen atoms in total. The molecule has 0 saturated carbocycles. The smallest absolute Gasteiger partial charge is 0.265 e. The van der Waals surface area contributed by atoms with Gasteiger partial charge in [-0.15, -0.1) is 11.3 Å². The molecule has 0 atom stereocenters. The summed E-state index contributed by atoms with van der Waals surface area (Å²) < 4.78 is 27.9. The average Bonchev–Trinajstić information content (AvgIpc) is 2.90. The number of benzene rings is 1. The van der Waals surface area contributed by atoms with Gasteiger partial charge in [0.2, 0.25) is 5.91 Å². The molecule has 28 heavy (non-hydrogen) atoms. The Morgan fingerprint density at radius 3 is 2.36 bits per heavy atom. The first-order chi connectivity index (χ1) is 12.9. The number of carbonyl (C=O) groups excluding carboxylic acids is 1. The molecular formula is C18H23Cl2N3O3S2. The minimum atomic E-state index is -3.94. The van der Waals surface area contributed by atoms with Crippen LogP contribution in [0.25, 0.3) is 0 Å². The highest BCUT2D eigenvalue weighted by Gasteiger charge is 2.24. The highest BCUT2D eigenvalue weighted by atomic mass is 35.5. The molecule has 0 saturated heterocycles. The van der Waals surface area contributed by atoms with Crippen LogP contribution in [0.2, 0.25) is 10.0 Å². The summed E-state index contributed by atoms with van der Waals surface area (Å²) in [4.78, 5) is 19.1. The van der Waals surface area contributed by atoms with Crippen molar-refractivity contribution < 1.29 is 13.2 Å². The number of hydrogen-bond donors (Lipinski definition) is 1. The van der Waals surface area contributed by atoms with Crippen molar-refractivity contribution in [3.63, 3.8) is 0 Å². The van der Waals surface area contributed by atoms with Gasteiger partial charge in [0.05, 0.1) is 11.4 Å². The fourth-order valence-corrected chi connectivity index (χ4v) is 6.28. The quantitative estimate of drug-likeness (QED) is 0.642. The van der Waals surface area contributed by atoms with Gasteiger partial charge in [-0.05, 0) is 52.3 Å². The number of nitrogens with zero attached hydrogens (tertiary/aromatic N) is 2. The lowest BCUT2D eigenvalue weighted by molar-refractivity contribution is -0.133. The van der Waals surface area contributed by atoms with Gasteiger partial charge in [-0.1, -0.05) is 23.2 Å². The first-order valence-electron chi connectivity index (χ1n) is 8.66. The van der Waals surface area contributed by atoms with Gasteiger partial charge in [-0.3, -0.25) is 9.52 Å². The third-order valence-corrected chi connectivity index (χ3v) is 7.18. The monoisotopic (exact) mass is 463 g/mol. The molecule has 1 aromatic carbocycles. The van der Waals surface area contributed by atoms with Crippen LogP contribution in [0.4, 0.5) is 5.13 Å². The van der Waals surface area contributed by atoms with Crippen LogP contribution in [0.15, 0.2) is 23.2 Å². The van der Waals surface area contributed by atoms with Crippen molar-refractivity contribution in [2.45, 2.75) is 58.0 Å². The Morgan fingerprint density at radius 1 is 1.21 bits per heavy atom. The second-order valence-electron chi connectivity index (χ2n) is 6.94. The zero-order valence-electron chi connectivity index (χ0n) is 16.3. The van der Waals surface area contributed by atoms with Crippen LogP contribution in [0, 0.1) is 6.92 Å². The Hall–Kier alpha value is -1.35. The Bertz CT molecular complexity index is 941. The van der Waals surface area contributed by atoms with Crippen molar-refractivity contribution in [2.24, 2.45) is 0 Å². The van der Waals surface area contributed by atoms with Crippen molar-refractivity contribution >= 4 is 55.6 Å². The molecule has 0 aliphatic heterocycles. The van der Waals surface area contributed by atoms with Crippen molar-refractivity contribution in [1.29, 1.82) is 0 Å². The first-order valence-corrected chi connectivity index (χ1v) is 11.7. The Labute approximate surface area is 179 Å². The number of halogens is 2. The molecule has 0 unspecified atom stereocenters. The topological polar surface area (TPSA) is 79.4 Å². The summed E-state index contributed by atoms with van der Waals surface area (Å²) in [5, 5.41) is 0.569. The van der Waals surface area contributed by atoms with E-state index in [1.54, 1.807) is 11.8 Å². The van der Waals surface area contributed by atoms with Crippen molar-refractivity contribution in [3.05, 3.63) is 38.8 Å². The second kappa shape index (κ2) is 8.98. The fourth-order valence-electron chi connectivity index (χ4n) is 3.04. The Kier molecular flexibility index (Phi) is 7.36. The van der Waals surface area contributed by atoms with Crippen LogP contribution in [0.3, 0.4) is 0 Å². The second-order valence-corrected chi connectivity index (χ2v) is 10.5. The summed E-state index contributed by atoms with van der Waals surface area (Å²) in [7, 11) is -3.94. The largest absolute Gasteiger partial charge is 0.338 e. The van der Waals surface area contributed by atoms with E-state index in [1.807, 2.05) is 27.7 Å². The predicted molar refractivity (Wildman–Crippen MR) is 115 cm³/mol. The lowest BCUT2D eigenvalue weighted by Crippen LogP contribution is -2.42. The summed E-state index contributed by atoms with van der Waals surface area (Å²) in [5.74, 6) is -0.0281. The molecule has 2 rings (SSSR count). The molecule has 154 valence electrons. The van der Waals surface area contributed by atoms with Crippen molar-refractivity contribution in [3.8, 4) is 0 Å². The standard InChI is InChI=1S/C18H23Cl2N3O3S2/c1-10(2)23(11(3)4)16(24)8-14-9-21-18(27-14)22-28(25,26)17-12(5)6-13(19)7-15(17)20/h6-7,9-11H,8H2,1-5H3,(H,21,22). The number of aryl methyl sites for hydroxylation is 1. The van der Waals surface area contributed by atoms with Gasteiger partial charge in [0.1, 0.15) is 4.90 Å². The lowest BCUT2D eigenvalue weighted by atomic mass is 10.2. The number of amides is 1. The average molecular weight is 464 g/mol. The van der Waals surface area contributed by atoms with Gasteiger partial charge in [0.25, 0.3) is 10.0 Å². The maximum atomic E-state index is 12.7.